The fourth-order valence-corrected chi connectivity index (χ4v) is 2.59. The van der Waals surface area contributed by atoms with E-state index in [0.717, 1.165) is 10.7 Å². The van der Waals surface area contributed by atoms with Gasteiger partial charge in [-0.1, -0.05) is 50.7 Å². The summed E-state index contributed by atoms with van der Waals surface area (Å²) < 4.78 is 11.7. The van der Waals surface area contributed by atoms with Gasteiger partial charge in [-0.05, 0) is 30.3 Å². The van der Waals surface area contributed by atoms with Gasteiger partial charge in [-0.3, -0.25) is 4.79 Å². The van der Waals surface area contributed by atoms with Gasteiger partial charge < -0.3 is 14.3 Å². The number of hydrogen-bond donors (Lipinski definition) is 2. The van der Waals surface area contributed by atoms with Crippen molar-refractivity contribution in [2.75, 3.05) is 0 Å². The number of carbonyl (C=O) groups excluding carboxylic acids is 1. The van der Waals surface area contributed by atoms with Crippen LogP contribution in [0.4, 0.5) is 0 Å². The number of carbonyl (C=O) groups is 2. The number of aliphatic carboxylic acids is 1. The van der Waals surface area contributed by atoms with E-state index in [-0.39, 0.29) is 17.4 Å². The lowest BCUT2D eigenvalue weighted by Crippen LogP contribution is -2.16. The largest absolute Gasteiger partial charge is 0.484 e. The van der Waals surface area contributed by atoms with E-state index >= 15 is 0 Å². The minimum absolute atomic E-state index is 0.0305. The second-order valence-corrected chi connectivity index (χ2v) is 6.90. The molecular weight excluding hydrogens is 486 g/mol. The Morgan fingerprint density at radius 3 is 2.70 bits per heavy atom. The first-order valence-electron chi connectivity index (χ1n) is 7.06. The van der Waals surface area contributed by atoms with Crippen LogP contribution in [0, 0.1) is 0 Å². The van der Waals surface area contributed by atoms with Crippen molar-refractivity contribution in [3.05, 3.63) is 61.4 Å². The van der Waals surface area contributed by atoms with Crippen LogP contribution in [0.1, 0.15) is 16.3 Å². The van der Waals surface area contributed by atoms with Crippen molar-refractivity contribution in [3.63, 3.8) is 0 Å². The van der Waals surface area contributed by atoms with Crippen molar-refractivity contribution in [1.29, 1.82) is 0 Å². The van der Waals surface area contributed by atoms with Gasteiger partial charge >= 0.3 is 11.9 Å². The number of ether oxygens (including phenoxy) is 1. The fourth-order valence-electron chi connectivity index (χ4n) is 1.68. The molecule has 0 atom stereocenters. The quantitative estimate of drug-likeness (QED) is 0.327. The third-order valence-electron chi connectivity index (χ3n) is 2.89. The van der Waals surface area contributed by atoms with Crippen LogP contribution in [0.3, 0.4) is 0 Å². The van der Waals surface area contributed by atoms with Crippen LogP contribution in [0.15, 0.2) is 54.4 Å². The highest BCUT2D eigenvalue weighted by Crippen LogP contribution is 2.28. The summed E-state index contributed by atoms with van der Waals surface area (Å²) in [4.78, 5) is 22.5. The second-order valence-electron chi connectivity index (χ2n) is 4.80. The molecule has 7 nitrogen and oxygen atoms in total. The van der Waals surface area contributed by atoms with E-state index in [0.29, 0.717) is 16.5 Å². The van der Waals surface area contributed by atoms with E-state index in [1.165, 1.54) is 6.07 Å². The molecule has 0 saturated carbocycles. The van der Waals surface area contributed by atoms with E-state index in [9.17, 15) is 9.59 Å². The molecule has 2 aromatic rings. The number of nitrogens with one attached hydrogen (secondary N) is 1. The molecule has 0 unspecified atom stereocenters. The molecule has 0 aliphatic carbocycles. The molecule has 0 fully saturated rings. The smallest absolute Gasteiger partial charge is 0.348 e. The van der Waals surface area contributed by atoms with Crippen LogP contribution in [-0.4, -0.2) is 23.2 Å². The van der Waals surface area contributed by atoms with E-state index in [2.05, 4.69) is 26.5 Å². The van der Waals surface area contributed by atoms with E-state index < -0.39 is 16.9 Å². The highest BCUT2D eigenvalue weighted by Gasteiger charge is 2.12. The number of furan rings is 1. The topological polar surface area (TPSA) is 101 Å². The van der Waals surface area contributed by atoms with Gasteiger partial charge in [0, 0.05) is 4.47 Å². The van der Waals surface area contributed by atoms with Crippen LogP contribution in [0.5, 0.6) is 5.75 Å². The Kier molecular flexibility index (Phi) is 7.73. The average Bonchev–Trinajstić information content (AvgIpc) is 3.09. The van der Waals surface area contributed by atoms with Gasteiger partial charge in [-0.15, -0.1) is 0 Å². The lowest BCUT2D eigenvalue weighted by molar-refractivity contribution is -0.131. The fraction of sp³-hybridized carbons (Fsp3) is 0.0625. The number of halogens is 4. The molecule has 2 N–H and O–H groups in total. The number of hydrazone groups is 1. The highest BCUT2D eigenvalue weighted by atomic mass is 79.9. The zero-order valence-electron chi connectivity index (χ0n) is 13.2. The number of allylic oxidation sites excluding steroid dienone is 1. The molecule has 0 bridgehead atoms. The average molecular weight is 497 g/mol. The molecule has 1 aromatic carbocycles. The Labute approximate surface area is 176 Å². The number of carboxylic acid groups (broad SMARTS) is 1. The Bertz CT molecular complexity index is 927. The summed E-state index contributed by atoms with van der Waals surface area (Å²) in [5, 5.41) is 11.6. The molecule has 0 aliphatic heterocycles. The van der Waals surface area contributed by atoms with Gasteiger partial charge in [0.25, 0.3) is 0 Å². The summed E-state index contributed by atoms with van der Waals surface area (Å²) in [7, 11) is 0. The number of hydrogen-bond acceptors (Lipinski definition) is 5. The first-order chi connectivity index (χ1) is 12.8. The summed E-state index contributed by atoms with van der Waals surface area (Å²) >= 11 is 20.3. The third-order valence-corrected chi connectivity index (χ3v) is 4.43. The Hall–Kier alpha value is -2.00. The number of nitrogens with zero attached hydrogens (tertiary/aromatic N) is 1. The predicted octanol–water partition coefficient (Wildman–Crippen LogP) is 4.76. The first kappa shape index (κ1) is 21.3. The van der Waals surface area contributed by atoms with Crippen LogP contribution >= 0.6 is 50.7 Å². The molecule has 0 radical (unpaired) electrons. The molecule has 1 aromatic heterocycles. The minimum atomic E-state index is -1.42. The molecule has 11 heteroatoms. The molecule has 0 saturated heterocycles. The zero-order valence-corrected chi connectivity index (χ0v) is 17.1. The van der Waals surface area contributed by atoms with Gasteiger partial charge in [0.15, 0.2) is 5.76 Å². The van der Waals surface area contributed by atoms with Crippen LogP contribution < -0.4 is 10.2 Å². The van der Waals surface area contributed by atoms with E-state index in [1.807, 2.05) is 0 Å². The predicted molar refractivity (Wildman–Crippen MR) is 105 cm³/mol. The number of benzene rings is 1. The van der Waals surface area contributed by atoms with Crippen LogP contribution in [-0.2, 0) is 11.4 Å². The van der Waals surface area contributed by atoms with Crippen molar-refractivity contribution in [2.45, 2.75) is 6.61 Å². The summed E-state index contributed by atoms with van der Waals surface area (Å²) in [6, 6.07) is 8.13. The molecule has 0 aliphatic rings. The summed E-state index contributed by atoms with van der Waals surface area (Å²) in [6.07, 6.45) is 0.887. The molecule has 27 heavy (non-hydrogen) atoms. The van der Waals surface area contributed by atoms with Gasteiger partial charge in [-0.2, -0.15) is 5.10 Å². The first-order valence-corrected chi connectivity index (χ1v) is 8.99. The third kappa shape index (κ3) is 6.28. The van der Waals surface area contributed by atoms with Crippen molar-refractivity contribution >= 4 is 68.8 Å². The van der Waals surface area contributed by atoms with E-state index in [4.69, 9.17) is 49.1 Å². The maximum Gasteiger partial charge on any atom is 0.348 e. The number of amides is 1. The lowest BCUT2D eigenvalue weighted by atomic mass is 10.3. The summed E-state index contributed by atoms with van der Waals surface area (Å²) in [5.41, 5.74) is 2.13. The lowest BCUT2D eigenvalue weighted by Gasteiger charge is -2.06. The maximum absolute atomic E-state index is 11.9. The Morgan fingerprint density at radius 2 is 2.04 bits per heavy atom. The normalized spacial score (nSPS) is 12.0. The van der Waals surface area contributed by atoms with E-state index in [1.54, 1.807) is 24.3 Å². The Morgan fingerprint density at radius 1 is 1.30 bits per heavy atom. The molecule has 1 heterocycles. The molecule has 2 rings (SSSR count). The molecule has 0 spiro atoms. The van der Waals surface area contributed by atoms with Crippen molar-refractivity contribution in [3.8, 4) is 5.75 Å². The van der Waals surface area contributed by atoms with Crippen LogP contribution in [0.2, 0.25) is 5.02 Å². The van der Waals surface area contributed by atoms with Crippen molar-refractivity contribution < 1.29 is 23.8 Å². The summed E-state index contributed by atoms with van der Waals surface area (Å²) in [5.74, 6) is -1.27. The van der Waals surface area contributed by atoms with Gasteiger partial charge in [-0.25, -0.2) is 10.2 Å². The molecule has 142 valence electrons. The van der Waals surface area contributed by atoms with Gasteiger partial charge in [0.2, 0.25) is 0 Å². The highest BCUT2D eigenvalue weighted by molar-refractivity contribution is 9.10. The minimum Gasteiger partial charge on any atom is -0.484 e. The van der Waals surface area contributed by atoms with Crippen LogP contribution in [0.25, 0.3) is 0 Å². The monoisotopic (exact) mass is 494 g/mol. The summed E-state index contributed by atoms with van der Waals surface area (Å²) in [6.45, 7) is 0.0562. The Balaban J connectivity index is 1.93. The zero-order chi connectivity index (χ0) is 20.0. The van der Waals surface area contributed by atoms with Gasteiger partial charge in [0.1, 0.15) is 23.1 Å². The van der Waals surface area contributed by atoms with Crippen molar-refractivity contribution in [1.82, 2.24) is 5.43 Å². The maximum atomic E-state index is 11.9. The van der Waals surface area contributed by atoms with Crippen molar-refractivity contribution in [2.24, 2.45) is 5.10 Å². The standard InChI is InChI=1S/C16H10BrCl3N2O5/c17-8-1-3-12(10(18)5-8)26-7-9-2-4-13(27-9)15(23)22-21-6-11(19)14(20)16(24)25/h1-6H,7H2,(H,22,23)(H,24,25)/b14-11+,21-6+. The molecular formula is C16H10BrCl3N2O5. The second kappa shape index (κ2) is 9.80. The van der Waals surface area contributed by atoms with Gasteiger partial charge in [0.05, 0.1) is 16.3 Å². The molecule has 1 amide bonds. The number of rotatable bonds is 7. The SMILES string of the molecule is O=C(O)/C(Cl)=C(Cl)/C=N/NC(=O)c1ccc(COc2ccc(Br)cc2Cl)o1. The number of carboxylic acids is 1.